The molecular formula is C30H34FN3O6. The van der Waals surface area contributed by atoms with Crippen LogP contribution in [0.15, 0.2) is 16.9 Å². The first kappa shape index (κ1) is 27.8. The van der Waals surface area contributed by atoms with E-state index in [4.69, 9.17) is 14.5 Å². The van der Waals surface area contributed by atoms with Gasteiger partial charge >= 0.3 is 12.1 Å². The fourth-order valence-corrected chi connectivity index (χ4v) is 5.71. The van der Waals surface area contributed by atoms with Crippen LogP contribution >= 0.6 is 0 Å². The van der Waals surface area contributed by atoms with Gasteiger partial charge in [0.1, 0.15) is 18.0 Å². The van der Waals surface area contributed by atoms with Crippen LogP contribution in [0.2, 0.25) is 0 Å². The van der Waals surface area contributed by atoms with Crippen LogP contribution in [0.5, 0.6) is 0 Å². The number of benzene rings is 1. The van der Waals surface area contributed by atoms with Crippen LogP contribution in [0.4, 0.5) is 9.18 Å². The average molecular weight is 552 g/mol. The summed E-state index contributed by atoms with van der Waals surface area (Å²) >= 11 is 0. The van der Waals surface area contributed by atoms with Crippen molar-refractivity contribution in [3.63, 3.8) is 0 Å². The van der Waals surface area contributed by atoms with E-state index in [1.54, 1.807) is 45.3 Å². The number of fused-ring (bicyclic) bond motifs is 5. The summed E-state index contributed by atoms with van der Waals surface area (Å²) in [5, 5.41) is 14.7. The minimum atomic E-state index is -1.92. The molecule has 0 radical (unpaired) electrons. The second-order valence-corrected chi connectivity index (χ2v) is 11.6. The van der Waals surface area contributed by atoms with Crippen LogP contribution in [0.1, 0.15) is 73.9 Å². The van der Waals surface area contributed by atoms with E-state index in [-0.39, 0.29) is 36.3 Å². The first-order valence-electron chi connectivity index (χ1n) is 13.5. The summed E-state index contributed by atoms with van der Waals surface area (Å²) in [5.41, 5.74) is 2.14. The molecule has 3 aromatic rings. The number of alkyl carbamates (subject to hydrolysis) is 1. The Balaban J connectivity index is 1.55. The third-order valence-corrected chi connectivity index (χ3v) is 7.85. The first-order valence-corrected chi connectivity index (χ1v) is 13.5. The van der Waals surface area contributed by atoms with E-state index in [1.165, 1.54) is 6.07 Å². The zero-order valence-corrected chi connectivity index (χ0v) is 23.7. The number of cyclic esters (lactones) is 1. The van der Waals surface area contributed by atoms with Crippen LogP contribution in [0.3, 0.4) is 0 Å². The van der Waals surface area contributed by atoms with E-state index in [0.29, 0.717) is 41.9 Å². The molecule has 9 nitrogen and oxygen atoms in total. The van der Waals surface area contributed by atoms with E-state index < -0.39 is 29.1 Å². The number of aliphatic hydroxyl groups is 1. The minimum Gasteiger partial charge on any atom is -0.458 e. The Hall–Kier alpha value is -3.79. The fourth-order valence-electron chi connectivity index (χ4n) is 5.71. The predicted octanol–water partition coefficient (Wildman–Crippen LogP) is 4.29. The normalized spacial score (nSPS) is 17.8. The molecule has 2 aromatic heterocycles. The molecular weight excluding hydrogens is 517 g/mol. The standard InChI is InChI=1S/C30H34FN3O6/c1-7-30(38)20-11-23-25-18(13-34(23)26(35)19(20)14-39-27(30)36)16(3)24-17(15(2)21(31)12-22(24)33-25)9-8-10-32-28(37)40-29(4,5)6/h11-12,38H,7-10,13-14H2,1-6H3,(H,32,37)/t30-/m0/s1. The van der Waals surface area contributed by atoms with Crippen LogP contribution in [-0.2, 0) is 39.4 Å². The summed E-state index contributed by atoms with van der Waals surface area (Å²) in [6.07, 6.45) is 0.610. The van der Waals surface area contributed by atoms with Gasteiger partial charge in [0.2, 0.25) is 0 Å². The van der Waals surface area contributed by atoms with Gasteiger partial charge in [0.15, 0.2) is 5.60 Å². The Morgan fingerprint density at radius 1 is 1.23 bits per heavy atom. The number of aryl methyl sites for hydroxylation is 2. The van der Waals surface area contributed by atoms with Crippen molar-refractivity contribution < 1.29 is 28.6 Å². The summed E-state index contributed by atoms with van der Waals surface area (Å²) in [6.45, 7) is 11.1. The number of rotatable bonds is 5. The van der Waals surface area contributed by atoms with Crippen LogP contribution in [0, 0.1) is 19.7 Å². The lowest BCUT2D eigenvalue weighted by Gasteiger charge is -2.31. The third-order valence-electron chi connectivity index (χ3n) is 7.85. The topological polar surface area (TPSA) is 120 Å². The Bertz CT molecular complexity index is 1640. The number of carbonyl (C=O) groups is 2. The summed E-state index contributed by atoms with van der Waals surface area (Å²) in [4.78, 5) is 42.8. The molecule has 0 aliphatic carbocycles. The maximum atomic E-state index is 15.1. The lowest BCUT2D eigenvalue weighted by atomic mass is 9.86. The Kier molecular flexibility index (Phi) is 6.73. The molecule has 0 saturated heterocycles. The largest absolute Gasteiger partial charge is 0.458 e. The van der Waals surface area contributed by atoms with Crippen LogP contribution in [-0.4, -0.2) is 38.9 Å². The molecule has 5 rings (SSSR count). The van der Waals surface area contributed by atoms with Crippen molar-refractivity contribution in [3.8, 4) is 11.4 Å². The van der Waals surface area contributed by atoms with Crippen molar-refractivity contribution in [1.82, 2.24) is 14.9 Å². The van der Waals surface area contributed by atoms with Crippen molar-refractivity contribution in [1.29, 1.82) is 0 Å². The molecule has 212 valence electrons. The molecule has 0 bridgehead atoms. The van der Waals surface area contributed by atoms with Gasteiger partial charge in [-0.05, 0) is 76.6 Å². The van der Waals surface area contributed by atoms with Crippen molar-refractivity contribution in [3.05, 3.63) is 61.7 Å². The van der Waals surface area contributed by atoms with Crippen LogP contribution in [0.25, 0.3) is 22.3 Å². The van der Waals surface area contributed by atoms with Gasteiger partial charge in [-0.15, -0.1) is 0 Å². The molecule has 2 aliphatic heterocycles. The Labute approximate surface area is 231 Å². The molecule has 0 unspecified atom stereocenters. The van der Waals surface area contributed by atoms with E-state index in [0.717, 1.165) is 22.1 Å². The van der Waals surface area contributed by atoms with E-state index in [2.05, 4.69) is 5.32 Å². The van der Waals surface area contributed by atoms with Crippen LogP contribution < -0.4 is 10.9 Å². The Morgan fingerprint density at radius 3 is 2.62 bits per heavy atom. The second kappa shape index (κ2) is 9.69. The average Bonchev–Trinajstić information content (AvgIpc) is 3.25. The molecule has 10 heteroatoms. The number of halogens is 1. The lowest BCUT2D eigenvalue weighted by Crippen LogP contribution is -2.44. The monoisotopic (exact) mass is 551 g/mol. The van der Waals surface area contributed by atoms with Crippen molar-refractivity contribution in [2.24, 2.45) is 0 Å². The number of ether oxygens (including phenoxy) is 2. The highest BCUT2D eigenvalue weighted by Gasteiger charge is 2.45. The molecule has 4 heterocycles. The van der Waals surface area contributed by atoms with Crippen molar-refractivity contribution in [2.75, 3.05) is 6.54 Å². The zero-order chi connectivity index (χ0) is 29.1. The summed E-state index contributed by atoms with van der Waals surface area (Å²) in [6, 6.07) is 3.05. The Morgan fingerprint density at radius 2 is 1.95 bits per heavy atom. The molecule has 1 atom stereocenters. The number of carbonyl (C=O) groups excluding carboxylic acids is 2. The highest BCUT2D eigenvalue weighted by molar-refractivity contribution is 5.92. The van der Waals surface area contributed by atoms with Gasteiger partial charge in [-0.2, -0.15) is 0 Å². The fraction of sp³-hybridized carbons (Fsp3) is 0.467. The number of amides is 1. The molecule has 0 fully saturated rings. The quantitative estimate of drug-likeness (QED) is 0.280. The molecule has 1 amide bonds. The molecule has 1 aromatic carbocycles. The maximum absolute atomic E-state index is 15.1. The number of nitrogens with one attached hydrogen (secondary N) is 1. The van der Waals surface area contributed by atoms with E-state index in [1.807, 2.05) is 6.92 Å². The second-order valence-electron chi connectivity index (χ2n) is 11.6. The highest BCUT2D eigenvalue weighted by Crippen LogP contribution is 2.41. The number of pyridine rings is 2. The molecule has 2 aliphatic rings. The van der Waals surface area contributed by atoms with Crippen molar-refractivity contribution in [2.45, 2.75) is 85.2 Å². The number of esters is 1. The van der Waals surface area contributed by atoms with Crippen molar-refractivity contribution >= 4 is 23.0 Å². The number of hydrogen-bond donors (Lipinski definition) is 2. The van der Waals surface area contributed by atoms with E-state index in [9.17, 15) is 19.5 Å². The zero-order valence-electron chi connectivity index (χ0n) is 23.7. The lowest BCUT2D eigenvalue weighted by molar-refractivity contribution is -0.172. The van der Waals surface area contributed by atoms with Gasteiger partial charge in [0.05, 0.1) is 29.0 Å². The van der Waals surface area contributed by atoms with Gasteiger partial charge in [-0.1, -0.05) is 6.92 Å². The van der Waals surface area contributed by atoms with Gasteiger partial charge in [-0.3, -0.25) is 4.79 Å². The van der Waals surface area contributed by atoms with E-state index >= 15 is 4.39 Å². The first-order chi connectivity index (χ1) is 18.8. The predicted molar refractivity (Wildman–Crippen MR) is 147 cm³/mol. The van der Waals surface area contributed by atoms with Gasteiger partial charge in [-0.25, -0.2) is 19.0 Å². The smallest absolute Gasteiger partial charge is 0.407 e. The summed E-state index contributed by atoms with van der Waals surface area (Å²) in [7, 11) is 0. The molecule has 2 N–H and O–H groups in total. The summed E-state index contributed by atoms with van der Waals surface area (Å²) < 4.78 is 27.1. The minimum absolute atomic E-state index is 0.0510. The number of hydrogen-bond acceptors (Lipinski definition) is 7. The molecule has 0 saturated carbocycles. The van der Waals surface area contributed by atoms with Gasteiger partial charge in [0.25, 0.3) is 5.56 Å². The number of aromatic nitrogens is 2. The summed E-state index contributed by atoms with van der Waals surface area (Å²) in [5.74, 6) is -1.17. The number of nitrogens with zero attached hydrogens (tertiary/aromatic N) is 2. The highest BCUT2D eigenvalue weighted by atomic mass is 19.1. The van der Waals surface area contributed by atoms with Gasteiger partial charge in [0, 0.05) is 29.1 Å². The molecule has 0 spiro atoms. The SMILES string of the molecule is CC[C@@]1(O)C(=O)OCc2c1cc1n(c2=O)Cc2c-1nc1cc(F)c(C)c(CCCNC(=O)OC(C)(C)C)c1c2C. The maximum Gasteiger partial charge on any atom is 0.407 e. The third kappa shape index (κ3) is 4.44. The molecule has 40 heavy (non-hydrogen) atoms. The van der Waals surface area contributed by atoms with Gasteiger partial charge < -0.3 is 24.5 Å².